The number of nitrogens with one attached hydrogen (secondary N) is 1. The second-order valence-electron chi connectivity index (χ2n) is 5.50. The molecule has 3 N–H and O–H groups in total. The topological polar surface area (TPSA) is 90.7 Å². The average Bonchev–Trinajstić information content (AvgIpc) is 3.12. The lowest BCUT2D eigenvalue weighted by atomic mass is 10.1. The number of thiophene rings is 1. The van der Waals surface area contributed by atoms with Gasteiger partial charge in [-0.05, 0) is 35.7 Å². The summed E-state index contributed by atoms with van der Waals surface area (Å²) in [5, 5.41) is 6.63. The number of rotatable bonds is 5. The molecule has 1 aromatic heterocycles. The molecule has 1 fully saturated rings. The Kier molecular flexibility index (Phi) is 5.12. The predicted molar refractivity (Wildman–Crippen MR) is 90.4 cm³/mol. The van der Waals surface area contributed by atoms with Gasteiger partial charge in [0.15, 0.2) is 0 Å². The van der Waals surface area contributed by atoms with E-state index >= 15 is 0 Å². The van der Waals surface area contributed by atoms with Crippen LogP contribution in [0.4, 0.5) is 0 Å². The van der Waals surface area contributed by atoms with Gasteiger partial charge in [-0.2, -0.15) is 11.3 Å². The molecule has 1 aliphatic rings. The molecule has 24 heavy (non-hydrogen) atoms. The zero-order chi connectivity index (χ0) is 16.9. The summed E-state index contributed by atoms with van der Waals surface area (Å²) in [6, 6.07) is 8.19. The highest BCUT2D eigenvalue weighted by Gasteiger charge is 2.29. The van der Waals surface area contributed by atoms with Gasteiger partial charge < -0.3 is 20.5 Å². The maximum absolute atomic E-state index is 12.2. The zero-order valence-electron chi connectivity index (χ0n) is 12.9. The lowest BCUT2D eigenvalue weighted by Crippen LogP contribution is -2.51. The van der Waals surface area contributed by atoms with Gasteiger partial charge in [-0.1, -0.05) is 0 Å². The largest absolute Gasteiger partial charge is 0.488 e. The second kappa shape index (κ2) is 7.46. The maximum atomic E-state index is 12.2. The number of nitrogens with two attached hydrogens (primary N) is 1. The molecular formula is C17H18N2O4S. The van der Waals surface area contributed by atoms with Crippen molar-refractivity contribution in [3.8, 4) is 5.75 Å². The lowest BCUT2D eigenvalue weighted by molar-refractivity contribution is -0.00287. The molecule has 0 saturated carbocycles. The third-order valence-corrected chi connectivity index (χ3v) is 4.50. The first-order valence-electron chi connectivity index (χ1n) is 7.61. The van der Waals surface area contributed by atoms with Gasteiger partial charge in [0.2, 0.25) is 5.91 Å². The zero-order valence-corrected chi connectivity index (χ0v) is 13.8. The number of primary amides is 1. The molecule has 1 saturated heterocycles. The van der Waals surface area contributed by atoms with Crippen LogP contribution in [-0.2, 0) is 4.74 Å². The molecule has 2 amide bonds. The third-order valence-electron chi connectivity index (χ3n) is 3.82. The van der Waals surface area contributed by atoms with E-state index in [-0.39, 0.29) is 18.1 Å². The number of hydrogen-bond acceptors (Lipinski definition) is 5. The molecule has 3 rings (SSSR count). The van der Waals surface area contributed by atoms with Crippen molar-refractivity contribution in [3.05, 3.63) is 52.2 Å². The normalized spacial score (nSPS) is 20.3. The minimum absolute atomic E-state index is 0.135. The van der Waals surface area contributed by atoms with Crippen LogP contribution in [0, 0.1) is 0 Å². The van der Waals surface area contributed by atoms with Crippen molar-refractivity contribution in [2.24, 2.45) is 5.73 Å². The van der Waals surface area contributed by atoms with Crippen LogP contribution in [-0.4, -0.2) is 37.2 Å². The highest BCUT2D eigenvalue weighted by molar-refractivity contribution is 7.08. The molecule has 6 nitrogen and oxygen atoms in total. The van der Waals surface area contributed by atoms with Crippen LogP contribution in [0.1, 0.15) is 27.1 Å². The van der Waals surface area contributed by atoms with Crippen molar-refractivity contribution in [1.82, 2.24) is 5.32 Å². The Morgan fingerprint density at radius 1 is 1.21 bits per heavy atom. The van der Waals surface area contributed by atoms with Crippen molar-refractivity contribution in [2.45, 2.75) is 18.6 Å². The molecule has 0 unspecified atom stereocenters. The molecule has 7 heteroatoms. The fourth-order valence-electron chi connectivity index (χ4n) is 2.51. The van der Waals surface area contributed by atoms with Gasteiger partial charge in [-0.15, -0.1) is 0 Å². The summed E-state index contributed by atoms with van der Waals surface area (Å²) < 4.78 is 11.4. The summed E-state index contributed by atoms with van der Waals surface area (Å²) >= 11 is 1.48. The van der Waals surface area contributed by atoms with E-state index in [1.54, 1.807) is 35.7 Å². The van der Waals surface area contributed by atoms with Crippen LogP contribution in [0.2, 0.25) is 0 Å². The first kappa shape index (κ1) is 16.5. The van der Waals surface area contributed by atoms with Gasteiger partial charge in [0, 0.05) is 22.9 Å². The summed E-state index contributed by atoms with van der Waals surface area (Å²) in [5.74, 6) is 0.0135. The Morgan fingerprint density at radius 3 is 2.67 bits per heavy atom. The van der Waals surface area contributed by atoms with Crippen molar-refractivity contribution in [2.75, 3.05) is 13.2 Å². The van der Waals surface area contributed by atoms with Crippen molar-refractivity contribution in [1.29, 1.82) is 0 Å². The SMILES string of the molecule is NC(=O)c1ccc(O[C@@H]2CCOC[C@H]2NC(=O)c2ccsc2)cc1. The van der Waals surface area contributed by atoms with E-state index in [4.69, 9.17) is 15.2 Å². The summed E-state index contributed by atoms with van der Waals surface area (Å²) in [7, 11) is 0. The van der Waals surface area contributed by atoms with E-state index < -0.39 is 5.91 Å². The van der Waals surface area contributed by atoms with Crippen molar-refractivity contribution >= 4 is 23.2 Å². The molecule has 0 spiro atoms. The van der Waals surface area contributed by atoms with Crippen LogP contribution in [0.3, 0.4) is 0 Å². The number of amides is 2. The van der Waals surface area contributed by atoms with E-state index in [9.17, 15) is 9.59 Å². The Balaban J connectivity index is 1.65. The Bertz CT molecular complexity index is 700. The minimum atomic E-state index is -0.478. The first-order chi connectivity index (χ1) is 11.6. The maximum Gasteiger partial charge on any atom is 0.252 e. The average molecular weight is 346 g/mol. The third kappa shape index (κ3) is 3.93. The molecule has 126 valence electrons. The monoisotopic (exact) mass is 346 g/mol. The van der Waals surface area contributed by atoms with Crippen LogP contribution in [0.25, 0.3) is 0 Å². The fraction of sp³-hybridized carbons (Fsp3) is 0.294. The van der Waals surface area contributed by atoms with Crippen LogP contribution < -0.4 is 15.8 Å². The summed E-state index contributed by atoms with van der Waals surface area (Å²) in [6.45, 7) is 0.981. The number of carbonyl (C=O) groups is 2. The van der Waals surface area contributed by atoms with Crippen molar-refractivity contribution < 1.29 is 19.1 Å². The van der Waals surface area contributed by atoms with E-state index in [0.29, 0.717) is 36.5 Å². The van der Waals surface area contributed by atoms with Gasteiger partial charge >= 0.3 is 0 Å². The number of carbonyl (C=O) groups excluding carboxylic acids is 2. The van der Waals surface area contributed by atoms with E-state index in [2.05, 4.69) is 5.32 Å². The van der Waals surface area contributed by atoms with Crippen molar-refractivity contribution in [3.63, 3.8) is 0 Å². The molecule has 0 radical (unpaired) electrons. The molecular weight excluding hydrogens is 328 g/mol. The van der Waals surface area contributed by atoms with Gasteiger partial charge in [0.25, 0.3) is 5.91 Å². The predicted octanol–water partition coefficient (Wildman–Crippen LogP) is 1.81. The highest BCUT2D eigenvalue weighted by atomic mass is 32.1. The summed E-state index contributed by atoms with van der Waals surface area (Å²) in [5.41, 5.74) is 6.29. The Labute approximate surface area is 143 Å². The molecule has 0 aliphatic carbocycles. The Morgan fingerprint density at radius 2 is 2.00 bits per heavy atom. The molecule has 1 aliphatic heterocycles. The molecule has 0 bridgehead atoms. The van der Waals surface area contributed by atoms with Gasteiger partial charge in [-0.25, -0.2) is 0 Å². The van der Waals surface area contributed by atoms with Gasteiger partial charge in [-0.3, -0.25) is 9.59 Å². The van der Waals surface area contributed by atoms with E-state index in [1.807, 2.05) is 5.38 Å². The number of benzene rings is 1. The van der Waals surface area contributed by atoms with E-state index in [1.165, 1.54) is 11.3 Å². The number of hydrogen-bond donors (Lipinski definition) is 2. The second-order valence-corrected chi connectivity index (χ2v) is 6.28. The number of ether oxygens (including phenoxy) is 2. The summed E-state index contributed by atoms with van der Waals surface area (Å²) in [4.78, 5) is 23.3. The first-order valence-corrected chi connectivity index (χ1v) is 8.55. The quantitative estimate of drug-likeness (QED) is 0.864. The van der Waals surface area contributed by atoms with Gasteiger partial charge in [0.05, 0.1) is 19.3 Å². The van der Waals surface area contributed by atoms with Gasteiger partial charge in [0.1, 0.15) is 11.9 Å². The smallest absolute Gasteiger partial charge is 0.252 e. The summed E-state index contributed by atoms with van der Waals surface area (Å²) in [6.07, 6.45) is 0.479. The molecule has 2 atom stereocenters. The standard InChI is InChI=1S/C17H18N2O4S/c18-16(20)11-1-3-13(4-2-11)23-15-5-7-22-9-14(15)19-17(21)12-6-8-24-10-12/h1-4,6,8,10,14-15H,5,7,9H2,(H2,18,20)(H,19,21)/t14-,15-/m1/s1. The van der Waals surface area contributed by atoms with Crippen LogP contribution in [0.15, 0.2) is 41.1 Å². The van der Waals surface area contributed by atoms with Crippen LogP contribution >= 0.6 is 11.3 Å². The van der Waals surface area contributed by atoms with Crippen LogP contribution in [0.5, 0.6) is 5.75 Å². The molecule has 2 heterocycles. The Hall–Kier alpha value is -2.38. The lowest BCUT2D eigenvalue weighted by Gasteiger charge is -2.32. The fourth-order valence-corrected chi connectivity index (χ4v) is 3.15. The molecule has 2 aromatic rings. The highest BCUT2D eigenvalue weighted by Crippen LogP contribution is 2.19. The minimum Gasteiger partial charge on any atom is -0.488 e. The van der Waals surface area contributed by atoms with E-state index in [0.717, 1.165) is 0 Å². The molecule has 1 aromatic carbocycles.